The molecule has 1 atom stereocenters. The highest BCUT2D eigenvalue weighted by Gasteiger charge is 2.13. The second-order valence-electron chi connectivity index (χ2n) is 4.21. The topological polar surface area (TPSA) is 37.8 Å². The maximum absolute atomic E-state index is 4.43. The Bertz CT molecular complexity index is 297. The van der Waals surface area contributed by atoms with E-state index in [0.717, 1.165) is 24.5 Å². The minimum Gasteiger partial charge on any atom is -0.314 e. The fourth-order valence-corrected chi connectivity index (χ4v) is 1.65. The van der Waals surface area contributed by atoms with Crippen molar-refractivity contribution in [2.24, 2.45) is 5.92 Å². The van der Waals surface area contributed by atoms with Gasteiger partial charge in [0.1, 0.15) is 5.82 Å². The maximum Gasteiger partial charge on any atom is 0.125 e. The van der Waals surface area contributed by atoms with Crippen LogP contribution in [0.4, 0.5) is 0 Å². The molecule has 0 saturated carbocycles. The first kappa shape index (κ1) is 12.1. The molecule has 0 aliphatic rings. The summed E-state index contributed by atoms with van der Waals surface area (Å²) in [5.74, 6) is 1.48. The van der Waals surface area contributed by atoms with Crippen LogP contribution in [0.5, 0.6) is 0 Å². The minimum absolute atomic E-state index is 0.504. The smallest absolute Gasteiger partial charge is 0.125 e. The second kappa shape index (κ2) is 5.81. The number of nitrogens with one attached hydrogen (secondary N) is 1. The van der Waals surface area contributed by atoms with Gasteiger partial charge in [0.25, 0.3) is 0 Å². The lowest BCUT2D eigenvalue weighted by Crippen LogP contribution is -2.35. The lowest BCUT2D eigenvalue weighted by atomic mass is 9.99. The minimum atomic E-state index is 0.504. The molecule has 0 bridgehead atoms. The predicted octanol–water partition coefficient (Wildman–Crippen LogP) is 1.96. The lowest BCUT2D eigenvalue weighted by molar-refractivity contribution is 0.402. The summed E-state index contributed by atoms with van der Waals surface area (Å²) in [7, 11) is 0. The molecule has 1 aromatic rings. The van der Waals surface area contributed by atoms with Gasteiger partial charge >= 0.3 is 0 Å². The molecule has 1 heterocycles. The maximum atomic E-state index is 4.43. The molecule has 0 aromatic carbocycles. The van der Waals surface area contributed by atoms with Crippen LogP contribution in [0.15, 0.2) is 12.3 Å². The van der Waals surface area contributed by atoms with Crippen LogP contribution < -0.4 is 5.32 Å². The van der Waals surface area contributed by atoms with Gasteiger partial charge in [-0.15, -0.1) is 0 Å². The highest BCUT2D eigenvalue weighted by atomic mass is 14.9. The average Bonchev–Trinajstić information content (AvgIpc) is 2.17. The number of aromatic nitrogens is 2. The summed E-state index contributed by atoms with van der Waals surface area (Å²) in [5, 5.41) is 3.49. The molecular weight excluding hydrogens is 186 g/mol. The molecule has 0 amide bonds. The molecule has 0 aliphatic carbocycles. The van der Waals surface area contributed by atoms with Crippen LogP contribution in [0.3, 0.4) is 0 Å². The summed E-state index contributed by atoms with van der Waals surface area (Å²) in [4.78, 5) is 8.53. The van der Waals surface area contributed by atoms with E-state index in [1.54, 1.807) is 0 Å². The van der Waals surface area contributed by atoms with Crippen molar-refractivity contribution in [3.05, 3.63) is 23.8 Å². The van der Waals surface area contributed by atoms with Gasteiger partial charge in [0.2, 0.25) is 0 Å². The molecule has 3 heteroatoms. The molecule has 15 heavy (non-hydrogen) atoms. The van der Waals surface area contributed by atoms with Gasteiger partial charge in [-0.25, -0.2) is 9.97 Å². The van der Waals surface area contributed by atoms with E-state index in [2.05, 4.69) is 36.1 Å². The molecule has 1 unspecified atom stereocenters. The largest absolute Gasteiger partial charge is 0.314 e. The molecule has 84 valence electrons. The second-order valence-corrected chi connectivity index (χ2v) is 4.21. The van der Waals surface area contributed by atoms with E-state index >= 15 is 0 Å². The van der Waals surface area contributed by atoms with Gasteiger partial charge in [-0.05, 0) is 25.5 Å². The summed E-state index contributed by atoms with van der Waals surface area (Å²) < 4.78 is 0. The van der Waals surface area contributed by atoms with Gasteiger partial charge in [0, 0.05) is 24.4 Å². The van der Waals surface area contributed by atoms with E-state index in [0.29, 0.717) is 12.0 Å². The normalized spacial score (nSPS) is 13.1. The van der Waals surface area contributed by atoms with E-state index in [9.17, 15) is 0 Å². The van der Waals surface area contributed by atoms with Crippen LogP contribution in [-0.2, 0) is 6.42 Å². The van der Waals surface area contributed by atoms with Gasteiger partial charge in [-0.2, -0.15) is 0 Å². The Hall–Kier alpha value is -0.960. The third-order valence-corrected chi connectivity index (χ3v) is 2.53. The first-order valence-corrected chi connectivity index (χ1v) is 5.65. The first-order valence-electron chi connectivity index (χ1n) is 5.65. The van der Waals surface area contributed by atoms with Crippen molar-refractivity contribution < 1.29 is 0 Å². The lowest BCUT2D eigenvalue weighted by Gasteiger charge is -2.21. The van der Waals surface area contributed by atoms with Gasteiger partial charge in [0.05, 0.1) is 0 Å². The number of rotatable bonds is 5. The van der Waals surface area contributed by atoms with E-state index < -0.39 is 0 Å². The number of hydrogen-bond acceptors (Lipinski definition) is 3. The fourth-order valence-electron chi connectivity index (χ4n) is 1.65. The fraction of sp³-hybridized carbons (Fsp3) is 0.667. The van der Waals surface area contributed by atoms with Gasteiger partial charge in [-0.1, -0.05) is 20.8 Å². The van der Waals surface area contributed by atoms with E-state index in [-0.39, 0.29) is 0 Å². The monoisotopic (exact) mass is 207 g/mol. The van der Waals surface area contributed by atoms with Crippen molar-refractivity contribution in [3.63, 3.8) is 0 Å². The molecule has 0 aliphatic heterocycles. The quantitative estimate of drug-likeness (QED) is 0.802. The Morgan fingerprint density at radius 2 is 2.13 bits per heavy atom. The number of aryl methyl sites for hydroxylation is 1. The van der Waals surface area contributed by atoms with E-state index in [1.807, 2.05) is 19.2 Å². The SMILES string of the molecule is CCNC(Cc1ccnc(C)n1)C(C)C. The summed E-state index contributed by atoms with van der Waals surface area (Å²) in [6.45, 7) is 9.55. The van der Waals surface area contributed by atoms with Crippen molar-refractivity contribution >= 4 is 0 Å². The molecule has 1 aromatic heterocycles. The molecule has 0 fully saturated rings. The van der Waals surface area contributed by atoms with Crippen molar-refractivity contribution in [2.75, 3.05) is 6.54 Å². The molecule has 1 rings (SSSR count). The van der Waals surface area contributed by atoms with Crippen molar-refractivity contribution in [3.8, 4) is 0 Å². The van der Waals surface area contributed by atoms with E-state index in [1.165, 1.54) is 0 Å². The van der Waals surface area contributed by atoms with Crippen LogP contribution in [-0.4, -0.2) is 22.6 Å². The number of hydrogen-bond donors (Lipinski definition) is 1. The Labute approximate surface area is 92.3 Å². The zero-order valence-electron chi connectivity index (χ0n) is 10.1. The zero-order valence-corrected chi connectivity index (χ0v) is 10.1. The molecule has 0 spiro atoms. The van der Waals surface area contributed by atoms with Crippen LogP contribution in [0.25, 0.3) is 0 Å². The van der Waals surface area contributed by atoms with Crippen molar-refractivity contribution in [1.29, 1.82) is 0 Å². The Balaban J connectivity index is 2.65. The first-order chi connectivity index (χ1) is 7.13. The van der Waals surface area contributed by atoms with Gasteiger partial charge < -0.3 is 5.32 Å². The Morgan fingerprint density at radius 3 is 2.67 bits per heavy atom. The zero-order chi connectivity index (χ0) is 11.3. The van der Waals surface area contributed by atoms with Crippen LogP contribution in [0, 0.1) is 12.8 Å². The number of likely N-dealkylation sites (N-methyl/N-ethyl adjacent to an activating group) is 1. The molecule has 0 saturated heterocycles. The van der Waals surface area contributed by atoms with E-state index in [4.69, 9.17) is 0 Å². The molecule has 3 nitrogen and oxygen atoms in total. The summed E-state index contributed by atoms with van der Waals surface area (Å²) in [5.41, 5.74) is 1.13. The molecule has 0 radical (unpaired) electrons. The molecule has 1 N–H and O–H groups in total. The van der Waals surface area contributed by atoms with Gasteiger partial charge in [0.15, 0.2) is 0 Å². The van der Waals surface area contributed by atoms with Crippen LogP contribution in [0.1, 0.15) is 32.3 Å². The highest BCUT2D eigenvalue weighted by molar-refractivity contribution is 5.04. The third kappa shape index (κ3) is 3.96. The van der Waals surface area contributed by atoms with Crippen LogP contribution >= 0.6 is 0 Å². The Kier molecular flexibility index (Phi) is 4.69. The highest BCUT2D eigenvalue weighted by Crippen LogP contribution is 2.08. The summed E-state index contributed by atoms with van der Waals surface area (Å²) in [6, 6.07) is 2.50. The molecular formula is C12H21N3. The predicted molar refractivity (Wildman–Crippen MR) is 62.8 cm³/mol. The summed E-state index contributed by atoms with van der Waals surface area (Å²) >= 11 is 0. The standard InChI is InChI=1S/C12H21N3/c1-5-13-12(9(2)3)8-11-6-7-14-10(4)15-11/h6-7,9,12-13H,5,8H2,1-4H3. The number of nitrogens with zero attached hydrogens (tertiary/aromatic N) is 2. The third-order valence-electron chi connectivity index (χ3n) is 2.53. The van der Waals surface area contributed by atoms with Crippen LogP contribution in [0.2, 0.25) is 0 Å². The van der Waals surface area contributed by atoms with Gasteiger partial charge in [-0.3, -0.25) is 0 Å². The Morgan fingerprint density at radius 1 is 1.40 bits per heavy atom. The average molecular weight is 207 g/mol. The van der Waals surface area contributed by atoms with Crippen molar-refractivity contribution in [1.82, 2.24) is 15.3 Å². The summed E-state index contributed by atoms with van der Waals surface area (Å²) in [6.07, 6.45) is 2.82. The van der Waals surface area contributed by atoms with Crippen molar-refractivity contribution in [2.45, 2.75) is 40.2 Å².